The number of aryl methyl sites for hydroxylation is 2. The maximum Gasteiger partial charge on any atom is 0.195 e. The topological polar surface area (TPSA) is 52.0 Å². The number of anilines is 1. The normalized spacial score (nSPS) is 11.0. The summed E-state index contributed by atoms with van der Waals surface area (Å²) in [5.74, 6) is 0.400. The molecule has 0 atom stereocenters. The Kier molecular flexibility index (Phi) is 2.91. The van der Waals surface area contributed by atoms with Gasteiger partial charge in [0.1, 0.15) is 11.3 Å². The second-order valence-corrected chi connectivity index (χ2v) is 4.43. The van der Waals surface area contributed by atoms with Crippen LogP contribution in [0.4, 0.5) is 10.1 Å². The molecule has 3 rings (SSSR count). The molecule has 0 bridgehead atoms. The largest absolute Gasteiger partial charge is 0.439 e. The molecule has 3 aromatic rings. The lowest BCUT2D eigenvalue weighted by molar-refractivity contribution is 0.528. The van der Waals surface area contributed by atoms with Crippen LogP contribution < -0.4 is 5.73 Å². The molecule has 0 amide bonds. The summed E-state index contributed by atoms with van der Waals surface area (Å²) < 4.78 is 18.7. The number of rotatable bonds is 3. The third-order valence-corrected chi connectivity index (χ3v) is 3.01. The average Bonchev–Trinajstić information content (AvgIpc) is 2.81. The number of aromatic nitrogens is 1. The fourth-order valence-corrected chi connectivity index (χ4v) is 2.07. The van der Waals surface area contributed by atoms with Gasteiger partial charge in [-0.1, -0.05) is 18.2 Å². The maximum absolute atomic E-state index is 13.1. The third kappa shape index (κ3) is 2.42. The summed E-state index contributed by atoms with van der Waals surface area (Å²) in [4.78, 5) is 4.37. The predicted octanol–water partition coefficient (Wildman–Crippen LogP) is 3.33. The minimum absolute atomic E-state index is 0.223. The number of oxazole rings is 1. The average molecular weight is 256 g/mol. The summed E-state index contributed by atoms with van der Waals surface area (Å²) in [6, 6.07) is 12.0. The Bertz CT molecular complexity index is 721. The van der Waals surface area contributed by atoms with E-state index in [1.165, 1.54) is 12.1 Å². The molecule has 0 aliphatic rings. The van der Waals surface area contributed by atoms with Crippen molar-refractivity contribution in [2.45, 2.75) is 12.8 Å². The van der Waals surface area contributed by atoms with Crippen LogP contribution in [0.3, 0.4) is 0 Å². The van der Waals surface area contributed by atoms with Crippen LogP contribution in [0.1, 0.15) is 11.5 Å². The van der Waals surface area contributed by atoms with E-state index in [9.17, 15) is 4.39 Å². The summed E-state index contributed by atoms with van der Waals surface area (Å²) in [5.41, 5.74) is 8.71. The van der Waals surface area contributed by atoms with E-state index in [1.54, 1.807) is 12.1 Å². The predicted molar refractivity (Wildman–Crippen MR) is 72.2 cm³/mol. The van der Waals surface area contributed by atoms with Gasteiger partial charge in [-0.3, -0.25) is 0 Å². The molecule has 0 spiro atoms. The number of para-hydroxylation sites is 1. The van der Waals surface area contributed by atoms with Gasteiger partial charge in [-0.15, -0.1) is 0 Å². The number of nitrogens with zero attached hydrogens (tertiary/aromatic N) is 1. The van der Waals surface area contributed by atoms with E-state index in [1.807, 2.05) is 18.2 Å². The summed E-state index contributed by atoms with van der Waals surface area (Å²) in [6.07, 6.45) is 1.31. The van der Waals surface area contributed by atoms with Gasteiger partial charge in [0.25, 0.3) is 0 Å². The van der Waals surface area contributed by atoms with Crippen LogP contribution >= 0.6 is 0 Å². The molecule has 0 unspecified atom stereocenters. The Labute approximate surface area is 109 Å². The van der Waals surface area contributed by atoms with Gasteiger partial charge in [0.15, 0.2) is 11.5 Å². The molecule has 0 fully saturated rings. The zero-order valence-electron chi connectivity index (χ0n) is 10.3. The first kappa shape index (κ1) is 11.7. The van der Waals surface area contributed by atoms with Crippen molar-refractivity contribution in [2.75, 3.05) is 5.73 Å². The van der Waals surface area contributed by atoms with Crippen LogP contribution in [-0.4, -0.2) is 4.98 Å². The van der Waals surface area contributed by atoms with E-state index in [-0.39, 0.29) is 5.82 Å². The highest BCUT2D eigenvalue weighted by atomic mass is 19.1. The molecule has 0 saturated heterocycles. The number of nitrogens with two attached hydrogens (primary N) is 1. The van der Waals surface area contributed by atoms with Crippen molar-refractivity contribution in [3.8, 4) is 0 Å². The highest BCUT2D eigenvalue weighted by Crippen LogP contribution is 2.22. The summed E-state index contributed by atoms with van der Waals surface area (Å²) >= 11 is 0. The first-order valence-corrected chi connectivity index (χ1v) is 6.11. The van der Waals surface area contributed by atoms with Gasteiger partial charge in [0.05, 0.1) is 5.69 Å². The first-order chi connectivity index (χ1) is 9.22. The minimum Gasteiger partial charge on any atom is -0.439 e. The molecular weight excluding hydrogens is 243 g/mol. The molecular formula is C15H13FN2O. The fraction of sp³-hybridized carbons (Fsp3) is 0.133. The number of hydrogen-bond donors (Lipinski definition) is 1. The summed E-state index contributed by atoms with van der Waals surface area (Å²) in [6.45, 7) is 0. The van der Waals surface area contributed by atoms with Crippen molar-refractivity contribution in [3.05, 3.63) is 59.7 Å². The van der Waals surface area contributed by atoms with Crippen LogP contribution in [0.15, 0.2) is 46.9 Å². The van der Waals surface area contributed by atoms with E-state index in [4.69, 9.17) is 10.2 Å². The molecule has 1 aromatic heterocycles. The maximum atomic E-state index is 13.1. The SMILES string of the molecule is Nc1cccc2nc(CCc3cccc(F)c3)oc12. The van der Waals surface area contributed by atoms with Crippen LogP contribution in [0.5, 0.6) is 0 Å². The summed E-state index contributed by atoms with van der Waals surface area (Å²) in [5, 5.41) is 0. The van der Waals surface area contributed by atoms with E-state index in [2.05, 4.69) is 4.98 Å². The fourth-order valence-electron chi connectivity index (χ4n) is 2.07. The van der Waals surface area contributed by atoms with Crippen LogP contribution in [0.2, 0.25) is 0 Å². The van der Waals surface area contributed by atoms with Gasteiger partial charge in [0, 0.05) is 6.42 Å². The molecule has 2 aromatic carbocycles. The van der Waals surface area contributed by atoms with Crippen molar-refractivity contribution >= 4 is 16.8 Å². The number of hydrogen-bond acceptors (Lipinski definition) is 3. The first-order valence-electron chi connectivity index (χ1n) is 6.11. The monoisotopic (exact) mass is 256 g/mol. The molecule has 0 saturated carbocycles. The van der Waals surface area contributed by atoms with Crippen LogP contribution in [0, 0.1) is 5.82 Å². The molecule has 2 N–H and O–H groups in total. The Balaban J connectivity index is 1.80. The molecule has 0 aliphatic carbocycles. The Hall–Kier alpha value is -2.36. The lowest BCUT2D eigenvalue weighted by Gasteiger charge is -1.98. The Morgan fingerprint density at radius 3 is 2.74 bits per heavy atom. The highest BCUT2D eigenvalue weighted by molar-refractivity contribution is 5.84. The summed E-state index contributed by atoms with van der Waals surface area (Å²) in [7, 11) is 0. The van der Waals surface area contributed by atoms with E-state index in [0.717, 1.165) is 11.1 Å². The lowest BCUT2D eigenvalue weighted by atomic mass is 10.1. The number of fused-ring (bicyclic) bond motifs is 1. The van der Waals surface area contributed by atoms with Crippen molar-refractivity contribution in [2.24, 2.45) is 0 Å². The number of benzene rings is 2. The highest BCUT2D eigenvalue weighted by Gasteiger charge is 2.08. The zero-order valence-corrected chi connectivity index (χ0v) is 10.3. The smallest absolute Gasteiger partial charge is 0.195 e. The van der Waals surface area contributed by atoms with Gasteiger partial charge in [0.2, 0.25) is 0 Å². The van der Waals surface area contributed by atoms with E-state index >= 15 is 0 Å². The third-order valence-electron chi connectivity index (χ3n) is 3.01. The van der Waals surface area contributed by atoms with Gasteiger partial charge in [-0.05, 0) is 36.2 Å². The number of halogens is 1. The van der Waals surface area contributed by atoms with Gasteiger partial charge < -0.3 is 10.2 Å². The molecule has 1 heterocycles. The van der Waals surface area contributed by atoms with Crippen molar-refractivity contribution in [1.29, 1.82) is 0 Å². The molecule has 3 nitrogen and oxygen atoms in total. The van der Waals surface area contributed by atoms with Crippen molar-refractivity contribution < 1.29 is 8.81 Å². The second-order valence-electron chi connectivity index (χ2n) is 4.43. The quantitative estimate of drug-likeness (QED) is 0.731. The van der Waals surface area contributed by atoms with Crippen LogP contribution in [0.25, 0.3) is 11.1 Å². The standard InChI is InChI=1S/C15H13FN2O/c16-11-4-1-3-10(9-11)7-8-14-18-13-6-2-5-12(17)15(13)19-14/h1-6,9H,7-8,17H2. The molecule has 0 radical (unpaired) electrons. The Morgan fingerprint density at radius 1 is 1.11 bits per heavy atom. The second kappa shape index (κ2) is 4.72. The molecule has 0 aliphatic heterocycles. The van der Waals surface area contributed by atoms with Crippen LogP contribution in [-0.2, 0) is 12.8 Å². The molecule has 96 valence electrons. The lowest BCUT2D eigenvalue weighted by Crippen LogP contribution is -1.91. The minimum atomic E-state index is -0.223. The van der Waals surface area contributed by atoms with Gasteiger partial charge in [-0.25, -0.2) is 9.37 Å². The van der Waals surface area contributed by atoms with Crippen molar-refractivity contribution in [1.82, 2.24) is 4.98 Å². The number of nitrogen functional groups attached to an aromatic ring is 1. The van der Waals surface area contributed by atoms with Gasteiger partial charge in [-0.2, -0.15) is 0 Å². The van der Waals surface area contributed by atoms with Crippen molar-refractivity contribution in [3.63, 3.8) is 0 Å². The zero-order chi connectivity index (χ0) is 13.2. The Morgan fingerprint density at radius 2 is 1.95 bits per heavy atom. The van der Waals surface area contributed by atoms with Gasteiger partial charge >= 0.3 is 0 Å². The van der Waals surface area contributed by atoms with E-state index < -0.39 is 0 Å². The van der Waals surface area contributed by atoms with E-state index in [0.29, 0.717) is 30.0 Å². The molecule has 19 heavy (non-hydrogen) atoms. The molecule has 4 heteroatoms.